The summed E-state index contributed by atoms with van der Waals surface area (Å²) >= 11 is 0. The lowest BCUT2D eigenvalue weighted by Gasteiger charge is -2.19. The summed E-state index contributed by atoms with van der Waals surface area (Å²) in [6, 6.07) is -0.183. The third-order valence-corrected chi connectivity index (χ3v) is 7.82. The van der Waals surface area contributed by atoms with E-state index in [1.54, 1.807) is 0 Å². The second-order valence-electron chi connectivity index (χ2n) is 6.60. The molecule has 1 saturated heterocycles. The molecule has 0 spiro atoms. The minimum atomic E-state index is -5.44. The SMILES string of the molecule is CC(C)CCOP(=O)(O)OP(=O)(O)OP(=O)(O)OC[C@@H]1CC[C@H](BC#CCN)O1. The van der Waals surface area contributed by atoms with E-state index in [4.69, 9.17) is 10.5 Å². The zero-order chi connectivity index (χ0) is 22.1. The smallest absolute Gasteiger partial charge is 0.380 e. The summed E-state index contributed by atoms with van der Waals surface area (Å²) in [6.07, 6.45) is 0.989. The van der Waals surface area contributed by atoms with E-state index in [-0.39, 0.29) is 25.1 Å². The molecule has 0 amide bonds. The van der Waals surface area contributed by atoms with E-state index in [9.17, 15) is 28.4 Å². The van der Waals surface area contributed by atoms with Crippen molar-refractivity contribution in [2.45, 2.75) is 45.2 Å². The largest absolute Gasteiger partial charge is 0.490 e. The van der Waals surface area contributed by atoms with Crippen molar-refractivity contribution in [2.75, 3.05) is 19.8 Å². The van der Waals surface area contributed by atoms with Gasteiger partial charge < -0.3 is 25.2 Å². The van der Waals surface area contributed by atoms with E-state index >= 15 is 0 Å². The van der Waals surface area contributed by atoms with Crippen LogP contribution in [0.3, 0.4) is 0 Å². The van der Waals surface area contributed by atoms with Crippen molar-refractivity contribution in [3.63, 3.8) is 0 Å². The maximum Gasteiger partial charge on any atom is 0.490 e. The molecule has 5 N–H and O–H groups in total. The molecule has 12 nitrogen and oxygen atoms in total. The number of ether oxygens (including phenoxy) is 1. The molecule has 29 heavy (non-hydrogen) atoms. The fourth-order valence-corrected chi connectivity index (χ4v) is 5.76. The zero-order valence-electron chi connectivity index (χ0n) is 16.2. The molecule has 1 heterocycles. The second kappa shape index (κ2) is 12.1. The van der Waals surface area contributed by atoms with Crippen LogP contribution in [0.1, 0.15) is 33.1 Å². The van der Waals surface area contributed by atoms with Gasteiger partial charge in [-0.15, -0.1) is 5.92 Å². The third kappa shape index (κ3) is 12.4. The first-order valence-corrected chi connectivity index (χ1v) is 13.3. The van der Waals surface area contributed by atoms with Gasteiger partial charge in [0.25, 0.3) is 0 Å². The van der Waals surface area contributed by atoms with Gasteiger partial charge in [-0.3, -0.25) is 9.05 Å². The Labute approximate surface area is 170 Å². The molecule has 3 unspecified atom stereocenters. The molecule has 1 aliphatic heterocycles. The molecule has 1 fully saturated rings. The minimum Gasteiger partial charge on any atom is -0.380 e. The summed E-state index contributed by atoms with van der Waals surface area (Å²) in [5, 5.41) is 0. The first-order valence-electron chi connectivity index (χ1n) is 8.85. The topological polar surface area (TPSA) is 184 Å². The Morgan fingerprint density at radius 1 is 1.10 bits per heavy atom. The van der Waals surface area contributed by atoms with Crippen molar-refractivity contribution in [1.29, 1.82) is 0 Å². The number of hydrogen-bond donors (Lipinski definition) is 4. The quantitative estimate of drug-likeness (QED) is 0.180. The highest BCUT2D eigenvalue weighted by molar-refractivity contribution is 7.66. The van der Waals surface area contributed by atoms with Crippen LogP contribution in [0.5, 0.6) is 0 Å². The Morgan fingerprint density at radius 2 is 1.72 bits per heavy atom. The fourth-order valence-electron chi connectivity index (χ4n) is 2.21. The van der Waals surface area contributed by atoms with E-state index in [1.807, 2.05) is 13.8 Å². The minimum absolute atomic E-state index is 0.142. The van der Waals surface area contributed by atoms with Crippen LogP contribution in [0.15, 0.2) is 0 Å². The molecular weight excluding hydrogens is 450 g/mol. The summed E-state index contributed by atoms with van der Waals surface area (Å²) in [5.41, 5.74) is 5.26. The number of rotatable bonds is 12. The molecule has 0 aromatic heterocycles. The van der Waals surface area contributed by atoms with Crippen LogP contribution in [0, 0.1) is 17.7 Å². The van der Waals surface area contributed by atoms with Crippen LogP contribution >= 0.6 is 23.5 Å². The Morgan fingerprint density at radius 3 is 2.31 bits per heavy atom. The number of phosphoric acid groups is 3. The lowest BCUT2D eigenvalue weighted by molar-refractivity contribution is 0.0392. The van der Waals surface area contributed by atoms with Gasteiger partial charge in [-0.2, -0.15) is 14.4 Å². The molecule has 16 heteroatoms. The van der Waals surface area contributed by atoms with Gasteiger partial charge in [-0.05, 0) is 25.2 Å². The number of phosphoric ester groups is 2. The molecular formula is C13H27BNO11P3. The predicted molar refractivity (Wildman–Crippen MR) is 105 cm³/mol. The van der Waals surface area contributed by atoms with Gasteiger partial charge in [-0.25, -0.2) is 13.7 Å². The highest BCUT2D eigenvalue weighted by Gasteiger charge is 2.42. The molecule has 1 rings (SSSR count). The molecule has 0 saturated carbocycles. The Hall–Kier alpha value is -0.0451. The Kier molecular flexibility index (Phi) is 11.3. The summed E-state index contributed by atoms with van der Waals surface area (Å²) in [7, 11) is -15.1. The molecule has 168 valence electrons. The van der Waals surface area contributed by atoms with Gasteiger partial charge >= 0.3 is 23.5 Å². The lowest BCUT2D eigenvalue weighted by atomic mass is 9.71. The average Bonchev–Trinajstić information content (AvgIpc) is 2.98. The zero-order valence-corrected chi connectivity index (χ0v) is 18.9. The summed E-state index contributed by atoms with van der Waals surface area (Å²) < 4.78 is 58.0. The fraction of sp³-hybridized carbons (Fsp3) is 0.846. The average molecular weight is 477 g/mol. The second-order valence-corrected chi connectivity index (χ2v) is 11.2. The predicted octanol–water partition coefficient (Wildman–Crippen LogP) is 1.26. The molecule has 0 aromatic carbocycles. The maximum absolute atomic E-state index is 11.9. The van der Waals surface area contributed by atoms with Crippen LogP contribution in [0.2, 0.25) is 0 Å². The van der Waals surface area contributed by atoms with Crippen molar-refractivity contribution in [3.05, 3.63) is 0 Å². The molecule has 0 bridgehead atoms. The van der Waals surface area contributed by atoms with Gasteiger partial charge in [0.15, 0.2) is 0 Å². The molecule has 5 atom stereocenters. The van der Waals surface area contributed by atoms with Crippen molar-refractivity contribution >= 4 is 30.7 Å². The highest BCUT2D eigenvalue weighted by Crippen LogP contribution is 2.67. The number of nitrogens with two attached hydrogens (primary N) is 1. The van der Waals surface area contributed by atoms with E-state index in [2.05, 4.69) is 29.4 Å². The van der Waals surface area contributed by atoms with E-state index < -0.39 is 36.2 Å². The summed E-state index contributed by atoms with van der Waals surface area (Å²) in [6.45, 7) is 3.26. The maximum atomic E-state index is 11.9. The van der Waals surface area contributed by atoms with Crippen molar-refractivity contribution in [2.24, 2.45) is 11.7 Å². The molecule has 1 aliphatic rings. The van der Waals surface area contributed by atoms with Gasteiger partial charge in [-0.1, -0.05) is 13.8 Å². The number of hydrogen-bond acceptors (Lipinski definition) is 9. The van der Waals surface area contributed by atoms with Crippen molar-refractivity contribution < 1.29 is 50.8 Å². The Balaban J connectivity index is 2.47. The van der Waals surface area contributed by atoms with Crippen molar-refractivity contribution in [3.8, 4) is 11.7 Å². The first kappa shape index (κ1) is 27.0. The normalized spacial score (nSPS) is 25.5. The van der Waals surface area contributed by atoms with Gasteiger partial charge in [0.05, 0.1) is 25.9 Å². The van der Waals surface area contributed by atoms with Crippen LogP contribution in [0.4, 0.5) is 0 Å². The Bertz CT molecular complexity index is 725. The molecule has 0 aromatic rings. The van der Waals surface area contributed by atoms with Crippen LogP contribution in [0.25, 0.3) is 0 Å². The van der Waals surface area contributed by atoms with Gasteiger partial charge in [0.1, 0.15) is 0 Å². The molecule has 0 aliphatic carbocycles. The van der Waals surface area contributed by atoms with E-state index in [0.29, 0.717) is 26.5 Å². The van der Waals surface area contributed by atoms with E-state index in [1.165, 1.54) is 0 Å². The monoisotopic (exact) mass is 477 g/mol. The standard InChI is InChI=1S/C13H27BNO11P3/c1-11(2)6-9-22-27(16,17)25-29(20,21)26-28(18,19)23-10-12-4-5-13(24-12)14-7-3-8-15/h11-14H,4-6,8-10,15H2,1-2H3,(H,16,17)(H,18,19)(H,20,21)/t12-,13+/m0/s1. The van der Waals surface area contributed by atoms with Gasteiger partial charge in [0.2, 0.25) is 7.28 Å². The molecule has 0 radical (unpaired) electrons. The van der Waals surface area contributed by atoms with E-state index in [0.717, 1.165) is 0 Å². The first-order chi connectivity index (χ1) is 13.3. The summed E-state index contributed by atoms with van der Waals surface area (Å²) in [4.78, 5) is 28.5. The third-order valence-electron chi connectivity index (χ3n) is 3.54. The lowest BCUT2D eigenvalue weighted by Crippen LogP contribution is -2.20. The van der Waals surface area contributed by atoms with Crippen molar-refractivity contribution in [1.82, 2.24) is 0 Å². The van der Waals surface area contributed by atoms with Gasteiger partial charge in [0, 0.05) is 6.00 Å². The van der Waals surface area contributed by atoms with Crippen LogP contribution in [-0.2, 0) is 36.1 Å². The van der Waals surface area contributed by atoms with Crippen LogP contribution in [-0.4, -0.2) is 53.8 Å². The van der Waals surface area contributed by atoms with Crippen LogP contribution < -0.4 is 5.73 Å². The summed E-state index contributed by atoms with van der Waals surface area (Å²) in [5.74, 6) is 5.66. The highest BCUT2D eigenvalue weighted by atomic mass is 31.3.